The molecule has 2 heterocycles. The Bertz CT molecular complexity index is 1180. The summed E-state index contributed by atoms with van der Waals surface area (Å²) < 4.78 is 30.7. The zero-order chi connectivity index (χ0) is 20.5. The zero-order valence-corrected chi connectivity index (χ0v) is 16.1. The fraction of sp³-hybridized carbons (Fsp3) is 0.190. The molecule has 4 rings (SSSR count). The maximum atomic E-state index is 13.9. The van der Waals surface area contributed by atoms with Crippen molar-refractivity contribution in [1.82, 2.24) is 15.0 Å². The molecule has 0 unspecified atom stereocenters. The fourth-order valence-electron chi connectivity index (χ4n) is 2.89. The van der Waals surface area contributed by atoms with Gasteiger partial charge in [-0.3, -0.25) is 0 Å². The molecule has 0 saturated carbocycles. The van der Waals surface area contributed by atoms with Crippen LogP contribution in [-0.4, -0.2) is 26.7 Å². The Balaban J connectivity index is 1.81. The van der Waals surface area contributed by atoms with Gasteiger partial charge < -0.3 is 19.0 Å². The second-order valence-corrected chi connectivity index (χ2v) is 6.41. The van der Waals surface area contributed by atoms with Gasteiger partial charge in [0.2, 0.25) is 5.89 Å². The number of hydrogen-bond donors (Lipinski definition) is 1. The fourth-order valence-corrected chi connectivity index (χ4v) is 2.89. The molecule has 0 amide bonds. The molecule has 0 aliphatic heterocycles. The number of aryl methyl sites for hydroxylation is 2. The number of oxazole rings is 1. The minimum Gasteiger partial charge on any atom is -0.507 e. The van der Waals surface area contributed by atoms with E-state index in [1.54, 1.807) is 45.0 Å². The van der Waals surface area contributed by atoms with Crippen LogP contribution >= 0.6 is 0 Å². The molecule has 148 valence electrons. The number of para-hydroxylation sites is 1. The lowest BCUT2D eigenvalue weighted by Gasteiger charge is -2.06. The van der Waals surface area contributed by atoms with Gasteiger partial charge in [-0.15, -0.1) is 0 Å². The number of fused-ring (bicyclic) bond motifs is 1. The Morgan fingerprint density at radius 3 is 2.48 bits per heavy atom. The third kappa shape index (κ3) is 3.56. The topological polar surface area (TPSA) is 90.5 Å². The SMILES string of the molecule is CCOc1nc(Oc2ccccc2F)nc2oc(-c3cc(C)c(O)c(C)c3)nc12. The van der Waals surface area contributed by atoms with Crippen LogP contribution in [0.1, 0.15) is 18.1 Å². The predicted molar refractivity (Wildman–Crippen MR) is 104 cm³/mol. The third-order valence-electron chi connectivity index (χ3n) is 4.26. The molecule has 4 aromatic rings. The largest absolute Gasteiger partial charge is 0.507 e. The summed E-state index contributed by atoms with van der Waals surface area (Å²) in [4.78, 5) is 12.9. The molecule has 0 spiro atoms. The summed E-state index contributed by atoms with van der Waals surface area (Å²) in [6.45, 7) is 5.73. The van der Waals surface area contributed by atoms with Crippen molar-refractivity contribution in [2.24, 2.45) is 0 Å². The first-order chi connectivity index (χ1) is 14.0. The van der Waals surface area contributed by atoms with E-state index in [1.807, 2.05) is 0 Å². The van der Waals surface area contributed by atoms with Crippen molar-refractivity contribution in [2.45, 2.75) is 20.8 Å². The van der Waals surface area contributed by atoms with Crippen molar-refractivity contribution in [3.8, 4) is 34.8 Å². The molecule has 0 aliphatic rings. The van der Waals surface area contributed by atoms with Gasteiger partial charge in [-0.05, 0) is 56.2 Å². The summed E-state index contributed by atoms with van der Waals surface area (Å²) in [7, 11) is 0. The highest BCUT2D eigenvalue weighted by molar-refractivity contribution is 5.78. The van der Waals surface area contributed by atoms with Crippen LogP contribution in [0, 0.1) is 19.7 Å². The van der Waals surface area contributed by atoms with Crippen molar-refractivity contribution in [3.05, 3.63) is 53.3 Å². The molecule has 2 aromatic heterocycles. The number of rotatable bonds is 5. The monoisotopic (exact) mass is 395 g/mol. The van der Waals surface area contributed by atoms with E-state index in [1.165, 1.54) is 12.1 Å². The molecular formula is C21H18FN3O4. The average molecular weight is 395 g/mol. The Morgan fingerprint density at radius 1 is 1.07 bits per heavy atom. The molecule has 7 nitrogen and oxygen atoms in total. The normalized spacial score (nSPS) is 11.0. The van der Waals surface area contributed by atoms with E-state index in [4.69, 9.17) is 13.9 Å². The number of ether oxygens (including phenoxy) is 2. The minimum atomic E-state index is -0.539. The maximum Gasteiger partial charge on any atom is 0.328 e. The molecule has 0 radical (unpaired) electrons. The van der Waals surface area contributed by atoms with Crippen molar-refractivity contribution in [2.75, 3.05) is 6.61 Å². The summed E-state index contributed by atoms with van der Waals surface area (Å²) in [6.07, 6.45) is 0. The van der Waals surface area contributed by atoms with Crippen LogP contribution in [0.25, 0.3) is 22.7 Å². The first-order valence-corrected chi connectivity index (χ1v) is 9.00. The van der Waals surface area contributed by atoms with Crippen LogP contribution in [-0.2, 0) is 0 Å². The van der Waals surface area contributed by atoms with Gasteiger partial charge in [-0.2, -0.15) is 9.97 Å². The van der Waals surface area contributed by atoms with Crippen LogP contribution in [0.2, 0.25) is 0 Å². The molecule has 2 aromatic carbocycles. The van der Waals surface area contributed by atoms with Gasteiger partial charge in [0.1, 0.15) is 5.75 Å². The average Bonchev–Trinajstić information content (AvgIpc) is 3.12. The highest BCUT2D eigenvalue weighted by Gasteiger charge is 2.19. The van der Waals surface area contributed by atoms with Crippen LogP contribution in [0.3, 0.4) is 0 Å². The van der Waals surface area contributed by atoms with Crippen molar-refractivity contribution >= 4 is 11.2 Å². The number of benzene rings is 2. The maximum absolute atomic E-state index is 13.9. The Labute approximate surface area is 165 Å². The van der Waals surface area contributed by atoms with Crippen molar-refractivity contribution in [3.63, 3.8) is 0 Å². The first-order valence-electron chi connectivity index (χ1n) is 9.00. The summed E-state index contributed by atoms with van der Waals surface area (Å²) in [5, 5.41) is 9.99. The number of halogens is 1. The molecule has 0 saturated heterocycles. The second kappa shape index (κ2) is 7.38. The highest BCUT2D eigenvalue weighted by atomic mass is 19.1. The van der Waals surface area contributed by atoms with E-state index < -0.39 is 5.82 Å². The lowest BCUT2D eigenvalue weighted by molar-refractivity contribution is 0.320. The van der Waals surface area contributed by atoms with Crippen LogP contribution in [0.5, 0.6) is 23.4 Å². The molecule has 8 heteroatoms. The summed E-state index contributed by atoms with van der Waals surface area (Å²) in [5.74, 6) is 0.136. The van der Waals surface area contributed by atoms with Gasteiger partial charge in [-0.25, -0.2) is 9.37 Å². The number of phenolic OH excluding ortho intramolecular Hbond substituents is 1. The van der Waals surface area contributed by atoms with Crippen molar-refractivity contribution < 1.29 is 23.4 Å². The Morgan fingerprint density at radius 2 is 1.79 bits per heavy atom. The van der Waals surface area contributed by atoms with Gasteiger partial charge in [0, 0.05) is 5.56 Å². The Hall–Kier alpha value is -3.68. The van der Waals surface area contributed by atoms with Crippen LogP contribution < -0.4 is 9.47 Å². The highest BCUT2D eigenvalue weighted by Crippen LogP contribution is 2.34. The van der Waals surface area contributed by atoms with E-state index in [2.05, 4.69) is 15.0 Å². The van der Waals surface area contributed by atoms with Crippen LogP contribution in [0.15, 0.2) is 40.8 Å². The van der Waals surface area contributed by atoms with Gasteiger partial charge in [0.15, 0.2) is 17.1 Å². The number of nitrogens with zero attached hydrogens (tertiary/aromatic N) is 3. The molecule has 0 fully saturated rings. The standard InChI is InChI=1S/C21H18FN3O4/c1-4-27-19-16-20(25-21(24-19)28-15-8-6-5-7-14(15)22)29-18(23-16)13-9-11(2)17(26)12(3)10-13/h5-10,26H,4H2,1-3H3. The van der Waals surface area contributed by atoms with E-state index >= 15 is 0 Å². The summed E-state index contributed by atoms with van der Waals surface area (Å²) >= 11 is 0. The van der Waals surface area contributed by atoms with E-state index in [0.717, 1.165) is 0 Å². The number of aromatic hydroxyl groups is 1. The zero-order valence-electron chi connectivity index (χ0n) is 16.1. The third-order valence-corrected chi connectivity index (χ3v) is 4.26. The molecule has 0 bridgehead atoms. The molecule has 0 atom stereocenters. The molecule has 29 heavy (non-hydrogen) atoms. The Kier molecular flexibility index (Phi) is 4.75. The second-order valence-electron chi connectivity index (χ2n) is 6.41. The van der Waals surface area contributed by atoms with Gasteiger partial charge in [0.05, 0.1) is 6.61 Å². The van der Waals surface area contributed by atoms with Gasteiger partial charge in [-0.1, -0.05) is 12.1 Å². The van der Waals surface area contributed by atoms with Crippen LogP contribution in [0.4, 0.5) is 4.39 Å². The molecule has 0 aliphatic carbocycles. The van der Waals surface area contributed by atoms with E-state index in [0.29, 0.717) is 34.7 Å². The number of phenols is 1. The van der Waals surface area contributed by atoms with Gasteiger partial charge in [0.25, 0.3) is 11.6 Å². The van der Waals surface area contributed by atoms with Crippen molar-refractivity contribution in [1.29, 1.82) is 0 Å². The van der Waals surface area contributed by atoms with E-state index in [9.17, 15) is 9.50 Å². The molecular weight excluding hydrogens is 377 g/mol. The lowest BCUT2D eigenvalue weighted by atomic mass is 10.1. The molecule has 1 N–H and O–H groups in total. The summed E-state index contributed by atoms with van der Waals surface area (Å²) in [5.41, 5.74) is 2.54. The quantitative estimate of drug-likeness (QED) is 0.512. The lowest BCUT2D eigenvalue weighted by Crippen LogP contribution is -2.00. The minimum absolute atomic E-state index is 0.0150. The van der Waals surface area contributed by atoms with Gasteiger partial charge >= 0.3 is 6.01 Å². The number of hydrogen-bond acceptors (Lipinski definition) is 7. The smallest absolute Gasteiger partial charge is 0.328 e. The number of aromatic nitrogens is 3. The predicted octanol–water partition coefficient (Wildman–Crippen LogP) is 4.94. The summed E-state index contributed by atoms with van der Waals surface area (Å²) in [6, 6.07) is 9.35. The first kappa shape index (κ1) is 18.7. The van der Waals surface area contributed by atoms with E-state index in [-0.39, 0.29) is 29.1 Å².